The molecule has 4 aliphatic heterocycles. The summed E-state index contributed by atoms with van der Waals surface area (Å²) in [5.74, 6) is -2.43. The molecule has 370 valence electrons. The molecule has 1 saturated carbocycles. The highest BCUT2D eigenvalue weighted by atomic mass is 35.5. The number of hydrogen-bond donors (Lipinski definition) is 4. The van der Waals surface area contributed by atoms with Crippen LogP contribution >= 0.6 is 11.6 Å². The van der Waals surface area contributed by atoms with Crippen molar-refractivity contribution in [1.29, 1.82) is 0 Å². The molecule has 0 unspecified atom stereocenters. The number of fused-ring (bicyclic) bond motifs is 2. The van der Waals surface area contributed by atoms with Crippen LogP contribution in [0.4, 0.5) is 19.4 Å². The Morgan fingerprint density at radius 2 is 1.63 bits per heavy atom. The van der Waals surface area contributed by atoms with Gasteiger partial charge in [0.15, 0.2) is 23.0 Å². The third-order valence-electron chi connectivity index (χ3n) is 15.9. The van der Waals surface area contributed by atoms with Crippen LogP contribution in [0.5, 0.6) is 11.5 Å². The molecule has 1 aliphatic carbocycles. The number of amides is 4. The van der Waals surface area contributed by atoms with Gasteiger partial charge in [-0.1, -0.05) is 54.9 Å². The molecule has 4 amide bonds. The van der Waals surface area contributed by atoms with Crippen LogP contribution in [0.2, 0.25) is 5.02 Å². The van der Waals surface area contributed by atoms with Crippen LogP contribution in [-0.2, 0) is 17.4 Å². The summed E-state index contributed by atoms with van der Waals surface area (Å²) in [5.41, 5.74) is 7.88. The Balaban J connectivity index is 0.757. The number of nitrogens with two attached hydrogens (primary N) is 1. The van der Waals surface area contributed by atoms with Crippen molar-refractivity contribution in [2.24, 2.45) is 12.8 Å². The smallest absolute Gasteiger partial charge is 0.329 e. The summed E-state index contributed by atoms with van der Waals surface area (Å²) in [6.07, 6.45) is 8.91. The molecule has 70 heavy (non-hydrogen) atoms. The van der Waals surface area contributed by atoms with E-state index in [2.05, 4.69) is 43.7 Å². The molecule has 1 aromatic heterocycles. The lowest BCUT2D eigenvalue weighted by atomic mass is 9.77. The number of aryl methyl sites for hydroxylation is 1. The summed E-state index contributed by atoms with van der Waals surface area (Å²) in [4.78, 5) is 44.1. The first-order chi connectivity index (χ1) is 33.8. The first kappa shape index (κ1) is 48.0. The lowest BCUT2D eigenvalue weighted by Gasteiger charge is -2.45. The van der Waals surface area contributed by atoms with Crippen molar-refractivity contribution in [3.63, 3.8) is 0 Å². The highest BCUT2D eigenvalue weighted by Gasteiger charge is 2.50. The van der Waals surface area contributed by atoms with Gasteiger partial charge in [0.1, 0.15) is 18.2 Å². The number of aliphatic hydroxyl groups excluding tert-OH is 1. The number of aromatic nitrogens is 2. The highest BCUT2D eigenvalue weighted by molar-refractivity contribution is 6.34. The number of halogens is 3. The third-order valence-corrected chi connectivity index (χ3v) is 16.3. The van der Waals surface area contributed by atoms with Crippen molar-refractivity contribution >= 4 is 46.2 Å². The second-order valence-corrected chi connectivity index (χ2v) is 20.1. The summed E-state index contributed by atoms with van der Waals surface area (Å²) in [5, 5.41) is 20.9. The van der Waals surface area contributed by atoms with Gasteiger partial charge in [-0.2, -0.15) is 5.10 Å². The summed E-state index contributed by atoms with van der Waals surface area (Å²) >= 11 is 6.74. The predicted octanol–water partition coefficient (Wildman–Crippen LogP) is 7.72. The SMILES string of the molecule is C[C@H]1c2c(cc(F)c(Cl)c2-c2c(C(N)=O)ccc(OCCO)c2F)O[C@]1(CNC1CCC(N2CCC(N3CCC(c4ccc5c(N6CCC(=O)NC6=O)nn(C)c5c4)CC3)CC2)CC1)c1ccccc1. The molecular weight excluding hydrogens is 918 g/mol. The van der Waals surface area contributed by atoms with Gasteiger partial charge in [-0.15, -0.1) is 0 Å². The second kappa shape index (κ2) is 19.9. The fraction of sp³-hybridized carbons (Fsp3) is 0.472. The van der Waals surface area contributed by atoms with E-state index in [0.29, 0.717) is 42.5 Å². The maximum absolute atomic E-state index is 16.5. The van der Waals surface area contributed by atoms with Gasteiger partial charge in [0.05, 0.1) is 22.7 Å². The van der Waals surface area contributed by atoms with Gasteiger partial charge in [0.2, 0.25) is 11.8 Å². The Kier molecular flexibility index (Phi) is 13.6. The normalized spacial score (nSPS) is 23.9. The number of primary amides is 1. The quantitative estimate of drug-likeness (QED) is 0.0918. The molecule has 4 aromatic carbocycles. The Labute approximate surface area is 411 Å². The average Bonchev–Trinajstić information content (AvgIpc) is 3.85. The van der Waals surface area contributed by atoms with E-state index < -0.39 is 35.1 Å². The van der Waals surface area contributed by atoms with Gasteiger partial charge >= 0.3 is 6.03 Å². The summed E-state index contributed by atoms with van der Waals surface area (Å²) < 4.78 is 46.5. The number of piperidine rings is 2. The number of imide groups is 1. The summed E-state index contributed by atoms with van der Waals surface area (Å²) in [7, 11) is 1.91. The van der Waals surface area contributed by atoms with Crippen LogP contribution in [0, 0.1) is 11.6 Å². The number of urea groups is 1. The third kappa shape index (κ3) is 8.90. The highest BCUT2D eigenvalue weighted by Crippen LogP contribution is 2.56. The zero-order chi connectivity index (χ0) is 48.8. The molecule has 5 aliphatic rings. The molecule has 10 rings (SSSR count). The summed E-state index contributed by atoms with van der Waals surface area (Å²) in [6.45, 7) is 6.42. The zero-order valence-corrected chi connectivity index (χ0v) is 40.5. The molecule has 14 nitrogen and oxygen atoms in total. The van der Waals surface area contributed by atoms with E-state index in [1.807, 2.05) is 49.0 Å². The monoisotopic (exact) mass is 978 g/mol. The van der Waals surface area contributed by atoms with Crippen molar-refractivity contribution in [2.45, 2.75) is 100 Å². The van der Waals surface area contributed by atoms with Gasteiger partial charge in [0.25, 0.3) is 0 Å². The topological polar surface area (TPSA) is 168 Å². The van der Waals surface area contributed by atoms with Crippen LogP contribution in [-0.4, -0.2) is 113 Å². The fourth-order valence-corrected chi connectivity index (χ4v) is 12.4. The Morgan fingerprint density at radius 1 is 0.929 bits per heavy atom. The van der Waals surface area contributed by atoms with E-state index in [1.54, 1.807) is 4.90 Å². The molecular formula is C53H61ClF2N8O6. The van der Waals surface area contributed by atoms with Gasteiger partial charge in [0, 0.05) is 78.7 Å². The molecule has 17 heteroatoms. The average molecular weight is 980 g/mol. The number of benzene rings is 4. The van der Waals surface area contributed by atoms with Gasteiger partial charge in [-0.3, -0.25) is 24.5 Å². The van der Waals surface area contributed by atoms with Gasteiger partial charge in [-0.05, 0) is 119 Å². The number of anilines is 1. The first-order valence-electron chi connectivity index (χ1n) is 24.8. The van der Waals surface area contributed by atoms with Crippen LogP contribution in [0.15, 0.2) is 66.7 Å². The Morgan fingerprint density at radius 3 is 2.31 bits per heavy atom. The lowest BCUT2D eigenvalue weighted by Crippen LogP contribution is -2.52. The number of ether oxygens (including phenoxy) is 2. The maximum Gasteiger partial charge on any atom is 0.329 e. The molecule has 0 spiro atoms. The minimum absolute atomic E-state index is 0.0150. The van der Waals surface area contributed by atoms with E-state index in [1.165, 1.54) is 23.8 Å². The number of nitrogens with one attached hydrogen (secondary N) is 2. The van der Waals surface area contributed by atoms with E-state index in [-0.39, 0.29) is 64.8 Å². The number of rotatable bonds is 13. The second-order valence-electron chi connectivity index (χ2n) is 19.7. The van der Waals surface area contributed by atoms with Crippen LogP contribution in [0.1, 0.15) is 104 Å². The largest absolute Gasteiger partial charge is 0.488 e. The molecule has 5 N–H and O–H groups in total. The Hall–Kier alpha value is -5.65. The number of nitrogens with zero attached hydrogens (tertiary/aromatic N) is 5. The summed E-state index contributed by atoms with van der Waals surface area (Å²) in [6, 6.07) is 21.0. The number of likely N-dealkylation sites (tertiary alicyclic amines) is 2. The zero-order valence-electron chi connectivity index (χ0n) is 39.7. The van der Waals surface area contributed by atoms with E-state index in [9.17, 15) is 19.5 Å². The van der Waals surface area contributed by atoms with Crippen molar-refractivity contribution in [3.05, 3.63) is 106 Å². The number of aliphatic hydroxyl groups is 1. The van der Waals surface area contributed by atoms with Crippen molar-refractivity contribution in [1.82, 2.24) is 30.2 Å². The van der Waals surface area contributed by atoms with E-state index in [0.717, 1.165) is 94.0 Å². The molecule has 0 radical (unpaired) electrons. The van der Waals surface area contributed by atoms with Crippen molar-refractivity contribution in [3.8, 4) is 22.6 Å². The van der Waals surface area contributed by atoms with Gasteiger partial charge in [-0.25, -0.2) is 13.6 Å². The number of carbonyl (C=O) groups excluding carboxylic acids is 3. The predicted molar refractivity (Wildman–Crippen MR) is 263 cm³/mol. The van der Waals surface area contributed by atoms with Crippen molar-refractivity contribution in [2.75, 3.05) is 57.4 Å². The molecule has 4 fully saturated rings. The fourth-order valence-electron chi connectivity index (χ4n) is 12.1. The molecule has 3 saturated heterocycles. The first-order valence-corrected chi connectivity index (χ1v) is 25.1. The minimum atomic E-state index is -1.04. The van der Waals surface area contributed by atoms with Gasteiger partial charge < -0.3 is 35.4 Å². The van der Waals surface area contributed by atoms with Crippen LogP contribution < -0.4 is 30.7 Å². The van der Waals surface area contributed by atoms with E-state index in [4.69, 9.17) is 26.8 Å². The number of carbonyl (C=O) groups is 3. The van der Waals surface area contributed by atoms with E-state index >= 15 is 8.78 Å². The minimum Gasteiger partial charge on any atom is -0.488 e. The van der Waals surface area contributed by atoms with Crippen molar-refractivity contribution < 1.29 is 37.7 Å². The molecule has 2 atom stereocenters. The standard InChI is InChI=1S/C53H61ClF2N8O6/c1-31-45-43(29-40(55)48(54)47(45)46-39(50(57)67)14-15-42(49(46)56)69-27-26-65)70-53(31,34-6-4-3-5-7-34)30-58-35-9-11-36(12-10-35)63-23-18-37(19-24-63)62-21-16-32(17-22-62)33-8-13-38-41(28-33)61(2)60-51(38)64-25-20-44(66)59-52(64)68/h3-8,13-15,28-29,31-32,35-37,58,65H,9-12,16-27,30H2,1-2H3,(H2,57,67)(H,59,66,68)/t31-,35?,36?,53-/m0/s1. The molecule has 0 bridgehead atoms. The number of hydrogen-bond acceptors (Lipinski definition) is 10. The maximum atomic E-state index is 16.5. The molecule has 5 aromatic rings. The Bertz CT molecular complexity index is 2790. The lowest BCUT2D eigenvalue weighted by molar-refractivity contribution is -0.120. The molecule has 5 heterocycles. The van der Waals surface area contributed by atoms with Crippen LogP contribution in [0.25, 0.3) is 22.0 Å². The van der Waals surface area contributed by atoms with Crippen LogP contribution in [0.3, 0.4) is 0 Å².